The predicted octanol–water partition coefficient (Wildman–Crippen LogP) is 0.581. The molecule has 2 rings (SSSR count). The fraction of sp³-hybridized carbons (Fsp3) is 0.545. The van der Waals surface area contributed by atoms with E-state index in [2.05, 4.69) is 20.4 Å². The lowest BCUT2D eigenvalue weighted by atomic mass is 10.1. The fourth-order valence-corrected chi connectivity index (χ4v) is 2.00. The van der Waals surface area contributed by atoms with Gasteiger partial charge in [-0.3, -0.25) is 4.79 Å². The Balaban J connectivity index is 1.88. The molecule has 2 heterocycles. The van der Waals surface area contributed by atoms with Crippen LogP contribution >= 0.6 is 0 Å². The van der Waals surface area contributed by atoms with Crippen molar-refractivity contribution in [2.24, 2.45) is 0 Å². The van der Waals surface area contributed by atoms with Crippen molar-refractivity contribution in [2.45, 2.75) is 25.8 Å². The van der Waals surface area contributed by atoms with Gasteiger partial charge in [-0.15, -0.1) is 5.10 Å². The largest absolute Gasteiger partial charge is 0.355 e. The molecule has 0 aromatic carbocycles. The second-order valence-electron chi connectivity index (χ2n) is 4.04. The highest BCUT2D eigenvalue weighted by atomic mass is 16.1. The lowest BCUT2D eigenvalue weighted by Crippen LogP contribution is -2.44. The van der Waals surface area contributed by atoms with Gasteiger partial charge < -0.3 is 10.2 Å². The molecule has 1 N–H and O–H groups in total. The molecule has 5 nitrogen and oxygen atoms in total. The molecule has 0 aliphatic carbocycles. The van der Waals surface area contributed by atoms with Crippen LogP contribution < -0.4 is 10.2 Å². The molecule has 1 saturated heterocycles. The van der Waals surface area contributed by atoms with Crippen LogP contribution in [-0.4, -0.2) is 35.2 Å². The third-order valence-electron chi connectivity index (χ3n) is 2.78. The first-order chi connectivity index (χ1) is 7.75. The summed E-state index contributed by atoms with van der Waals surface area (Å²) in [5.74, 6) is 0.974. The summed E-state index contributed by atoms with van der Waals surface area (Å²) in [5, 5.41) is 10.9. The van der Waals surface area contributed by atoms with Gasteiger partial charge in [0.15, 0.2) is 5.82 Å². The number of nitrogens with zero attached hydrogens (tertiary/aromatic N) is 3. The molecule has 1 amide bonds. The van der Waals surface area contributed by atoms with E-state index < -0.39 is 0 Å². The zero-order valence-electron chi connectivity index (χ0n) is 9.39. The van der Waals surface area contributed by atoms with E-state index in [0.717, 1.165) is 31.7 Å². The van der Waals surface area contributed by atoms with Gasteiger partial charge >= 0.3 is 0 Å². The summed E-state index contributed by atoms with van der Waals surface area (Å²) in [6, 6.07) is 4.17. The number of piperidine rings is 1. The van der Waals surface area contributed by atoms with Gasteiger partial charge in [0.1, 0.15) is 0 Å². The van der Waals surface area contributed by atoms with E-state index >= 15 is 0 Å². The van der Waals surface area contributed by atoms with Gasteiger partial charge in [0.25, 0.3) is 0 Å². The highest BCUT2D eigenvalue weighted by Crippen LogP contribution is 2.16. The topological polar surface area (TPSA) is 58.1 Å². The fourth-order valence-electron chi connectivity index (χ4n) is 2.00. The molecule has 0 saturated carbocycles. The monoisotopic (exact) mass is 220 g/mol. The highest BCUT2D eigenvalue weighted by molar-refractivity contribution is 5.73. The van der Waals surface area contributed by atoms with E-state index in [9.17, 15) is 4.79 Å². The van der Waals surface area contributed by atoms with Gasteiger partial charge in [0, 0.05) is 32.3 Å². The smallest absolute Gasteiger partial charge is 0.217 e. The number of nitrogens with one attached hydrogen (secondary N) is 1. The van der Waals surface area contributed by atoms with E-state index in [-0.39, 0.29) is 5.91 Å². The Kier molecular flexibility index (Phi) is 3.34. The number of aromatic nitrogens is 2. The molecule has 0 atom stereocenters. The van der Waals surface area contributed by atoms with Crippen LogP contribution in [0.3, 0.4) is 0 Å². The zero-order valence-corrected chi connectivity index (χ0v) is 9.39. The van der Waals surface area contributed by atoms with E-state index in [1.54, 1.807) is 13.1 Å². The van der Waals surface area contributed by atoms with Gasteiger partial charge in [-0.25, -0.2) is 0 Å². The Morgan fingerprint density at radius 3 is 2.81 bits per heavy atom. The summed E-state index contributed by atoms with van der Waals surface area (Å²) >= 11 is 0. The van der Waals surface area contributed by atoms with Crippen LogP contribution in [0.2, 0.25) is 0 Å². The van der Waals surface area contributed by atoms with Crippen LogP contribution in [0.25, 0.3) is 0 Å². The molecule has 16 heavy (non-hydrogen) atoms. The number of rotatable bonds is 2. The van der Waals surface area contributed by atoms with E-state index in [1.165, 1.54) is 0 Å². The summed E-state index contributed by atoms with van der Waals surface area (Å²) in [7, 11) is 0. The Morgan fingerprint density at radius 2 is 2.25 bits per heavy atom. The van der Waals surface area contributed by atoms with Crippen LogP contribution in [0.15, 0.2) is 18.3 Å². The number of anilines is 1. The van der Waals surface area contributed by atoms with Crippen molar-refractivity contribution in [3.8, 4) is 0 Å². The van der Waals surface area contributed by atoms with Crippen LogP contribution in [0.5, 0.6) is 0 Å². The Hall–Kier alpha value is -1.65. The Bertz CT molecular complexity index is 346. The number of carbonyl (C=O) groups is 1. The van der Waals surface area contributed by atoms with Crippen molar-refractivity contribution >= 4 is 11.7 Å². The van der Waals surface area contributed by atoms with Crippen molar-refractivity contribution in [3.63, 3.8) is 0 Å². The van der Waals surface area contributed by atoms with Gasteiger partial charge in [0.2, 0.25) is 5.91 Å². The second kappa shape index (κ2) is 4.92. The van der Waals surface area contributed by atoms with Gasteiger partial charge in [-0.2, -0.15) is 5.10 Å². The van der Waals surface area contributed by atoms with Crippen molar-refractivity contribution in [2.75, 3.05) is 18.0 Å². The summed E-state index contributed by atoms with van der Waals surface area (Å²) in [6.45, 7) is 3.41. The molecule has 0 radical (unpaired) electrons. The number of hydrogen-bond donors (Lipinski definition) is 1. The van der Waals surface area contributed by atoms with Crippen LogP contribution in [0.1, 0.15) is 19.8 Å². The van der Waals surface area contributed by atoms with E-state index in [0.29, 0.717) is 6.04 Å². The molecule has 1 aromatic heterocycles. The number of hydrogen-bond acceptors (Lipinski definition) is 4. The summed E-state index contributed by atoms with van der Waals surface area (Å²) < 4.78 is 0. The molecule has 0 spiro atoms. The summed E-state index contributed by atoms with van der Waals surface area (Å²) in [5.41, 5.74) is 0. The van der Waals surface area contributed by atoms with Crippen molar-refractivity contribution in [1.29, 1.82) is 0 Å². The molecule has 1 aliphatic rings. The first-order valence-corrected chi connectivity index (χ1v) is 5.55. The van der Waals surface area contributed by atoms with Crippen LogP contribution in [-0.2, 0) is 4.79 Å². The predicted molar refractivity (Wildman–Crippen MR) is 61.1 cm³/mol. The van der Waals surface area contributed by atoms with Gasteiger partial charge in [0.05, 0.1) is 0 Å². The summed E-state index contributed by atoms with van der Waals surface area (Å²) in [6.07, 6.45) is 3.61. The molecule has 0 unspecified atom stereocenters. The highest BCUT2D eigenvalue weighted by Gasteiger charge is 2.20. The van der Waals surface area contributed by atoms with Crippen molar-refractivity contribution < 1.29 is 4.79 Å². The molecule has 5 heteroatoms. The minimum atomic E-state index is 0.0537. The average molecular weight is 220 g/mol. The summed E-state index contributed by atoms with van der Waals surface area (Å²) in [4.78, 5) is 13.1. The Morgan fingerprint density at radius 1 is 1.50 bits per heavy atom. The van der Waals surface area contributed by atoms with Crippen molar-refractivity contribution in [1.82, 2.24) is 15.5 Å². The third-order valence-corrected chi connectivity index (χ3v) is 2.78. The second-order valence-corrected chi connectivity index (χ2v) is 4.04. The molecule has 1 fully saturated rings. The zero-order chi connectivity index (χ0) is 11.4. The lowest BCUT2D eigenvalue weighted by molar-refractivity contribution is -0.119. The minimum Gasteiger partial charge on any atom is -0.355 e. The molecule has 1 aliphatic heterocycles. The number of amides is 1. The molecule has 1 aromatic rings. The van der Waals surface area contributed by atoms with Crippen LogP contribution in [0, 0.1) is 0 Å². The number of carbonyl (C=O) groups excluding carboxylic acids is 1. The quantitative estimate of drug-likeness (QED) is 0.792. The SMILES string of the molecule is CC(=O)NC1CCN(c2cccnn2)CC1. The van der Waals surface area contributed by atoms with Crippen molar-refractivity contribution in [3.05, 3.63) is 18.3 Å². The van der Waals surface area contributed by atoms with Crippen LogP contribution in [0.4, 0.5) is 5.82 Å². The Labute approximate surface area is 94.9 Å². The first kappa shape index (κ1) is 10.9. The minimum absolute atomic E-state index is 0.0537. The van der Waals surface area contributed by atoms with Gasteiger partial charge in [-0.05, 0) is 25.0 Å². The molecule has 0 bridgehead atoms. The third kappa shape index (κ3) is 2.68. The standard InChI is InChI=1S/C11H16N4O/c1-9(16)13-10-4-7-15(8-5-10)11-3-2-6-12-14-11/h2-3,6,10H,4-5,7-8H2,1H3,(H,13,16). The normalized spacial score (nSPS) is 17.2. The maximum Gasteiger partial charge on any atom is 0.217 e. The first-order valence-electron chi connectivity index (χ1n) is 5.55. The molecule has 86 valence electrons. The lowest BCUT2D eigenvalue weighted by Gasteiger charge is -2.32. The molecular weight excluding hydrogens is 204 g/mol. The molecular formula is C11H16N4O. The maximum atomic E-state index is 10.9. The van der Waals surface area contributed by atoms with E-state index in [4.69, 9.17) is 0 Å². The average Bonchev–Trinajstić information content (AvgIpc) is 2.30. The van der Waals surface area contributed by atoms with E-state index in [1.807, 2.05) is 12.1 Å². The van der Waals surface area contributed by atoms with Gasteiger partial charge in [-0.1, -0.05) is 0 Å². The maximum absolute atomic E-state index is 10.9.